The van der Waals surface area contributed by atoms with E-state index in [-0.39, 0.29) is 11.8 Å². The summed E-state index contributed by atoms with van der Waals surface area (Å²) in [5, 5.41) is 6.02. The van der Waals surface area contributed by atoms with Gasteiger partial charge in [0.05, 0.1) is 0 Å². The molecule has 0 aliphatic heterocycles. The van der Waals surface area contributed by atoms with Crippen molar-refractivity contribution in [1.29, 1.82) is 0 Å². The highest BCUT2D eigenvalue weighted by molar-refractivity contribution is 7.16. The largest absolute Gasteiger partial charge is 0.355 e. The molecule has 120 valence electrons. The maximum Gasteiger partial charge on any atom is 0.244 e. The molecule has 0 fully saturated rings. The summed E-state index contributed by atoms with van der Waals surface area (Å²) in [7, 11) is 0. The van der Waals surface area contributed by atoms with Crippen LogP contribution in [0.4, 0.5) is 0 Å². The molecule has 1 aromatic carbocycles. The predicted octanol–water partition coefficient (Wildman–Crippen LogP) is 3.33. The Hall–Kier alpha value is -2.11. The topological polar surface area (TPSA) is 58.2 Å². The zero-order valence-electron chi connectivity index (χ0n) is 12.6. The van der Waals surface area contributed by atoms with Crippen molar-refractivity contribution in [3.05, 3.63) is 52.4 Å². The van der Waals surface area contributed by atoms with E-state index in [1.54, 1.807) is 17.4 Å². The van der Waals surface area contributed by atoms with E-state index in [1.165, 1.54) is 13.0 Å². The molecular weight excluding hydrogens is 332 g/mol. The number of carbonyl (C=O) groups excluding carboxylic acids is 2. The first kappa shape index (κ1) is 17.2. The minimum absolute atomic E-state index is 0.111. The molecule has 0 radical (unpaired) electrons. The zero-order chi connectivity index (χ0) is 16.7. The summed E-state index contributed by atoms with van der Waals surface area (Å²) in [5.41, 5.74) is 0.985. The fourth-order valence-electron chi connectivity index (χ4n) is 1.89. The SMILES string of the molecule is CC(=O)NCCNC(=O)/C=C/c1ccc(-c2ccccc2Cl)s1. The maximum atomic E-state index is 11.7. The fourth-order valence-corrected chi connectivity index (χ4v) is 3.13. The number of thiophene rings is 1. The van der Waals surface area contributed by atoms with Gasteiger partial charge in [-0.2, -0.15) is 0 Å². The molecule has 6 heteroatoms. The standard InChI is InChI=1S/C17H17ClN2O2S/c1-12(21)19-10-11-20-17(22)9-7-13-6-8-16(23-13)14-4-2-3-5-15(14)18/h2-9H,10-11H2,1H3,(H,19,21)(H,20,22)/b9-7+. The molecule has 2 aromatic rings. The van der Waals surface area contributed by atoms with E-state index in [4.69, 9.17) is 11.6 Å². The second-order valence-electron chi connectivity index (χ2n) is 4.79. The van der Waals surface area contributed by atoms with Crippen molar-refractivity contribution >= 4 is 40.8 Å². The van der Waals surface area contributed by atoms with Crippen molar-refractivity contribution in [2.24, 2.45) is 0 Å². The second kappa shape index (κ2) is 8.50. The maximum absolute atomic E-state index is 11.7. The van der Waals surface area contributed by atoms with Gasteiger partial charge in [0, 0.05) is 46.4 Å². The van der Waals surface area contributed by atoms with Crippen LogP contribution in [0.25, 0.3) is 16.5 Å². The summed E-state index contributed by atoms with van der Waals surface area (Å²) in [6, 6.07) is 11.6. The molecule has 23 heavy (non-hydrogen) atoms. The molecular formula is C17H17ClN2O2S. The number of carbonyl (C=O) groups is 2. The Morgan fingerprint density at radius 1 is 1.13 bits per heavy atom. The molecule has 0 aliphatic rings. The molecule has 0 aliphatic carbocycles. The van der Waals surface area contributed by atoms with Gasteiger partial charge in [-0.05, 0) is 24.3 Å². The Kier molecular flexibility index (Phi) is 6.38. The van der Waals surface area contributed by atoms with E-state index in [2.05, 4.69) is 10.6 Å². The lowest BCUT2D eigenvalue weighted by Gasteiger charge is -2.02. The number of benzene rings is 1. The monoisotopic (exact) mass is 348 g/mol. The van der Waals surface area contributed by atoms with Crippen LogP contribution in [0.2, 0.25) is 5.02 Å². The molecule has 0 saturated heterocycles. The van der Waals surface area contributed by atoms with Crippen LogP contribution >= 0.6 is 22.9 Å². The summed E-state index contributed by atoms with van der Waals surface area (Å²) in [6.45, 7) is 2.26. The van der Waals surface area contributed by atoms with Crippen molar-refractivity contribution in [1.82, 2.24) is 10.6 Å². The van der Waals surface area contributed by atoms with Crippen LogP contribution in [0.15, 0.2) is 42.5 Å². The number of nitrogens with one attached hydrogen (secondary N) is 2. The van der Waals surface area contributed by atoms with Gasteiger partial charge in [-0.3, -0.25) is 9.59 Å². The zero-order valence-corrected chi connectivity index (χ0v) is 14.2. The second-order valence-corrected chi connectivity index (χ2v) is 6.31. The summed E-state index contributed by atoms with van der Waals surface area (Å²) < 4.78 is 0. The lowest BCUT2D eigenvalue weighted by Crippen LogP contribution is -2.32. The van der Waals surface area contributed by atoms with E-state index < -0.39 is 0 Å². The summed E-state index contributed by atoms with van der Waals surface area (Å²) in [6.07, 6.45) is 3.24. The van der Waals surface area contributed by atoms with Crippen molar-refractivity contribution in [3.8, 4) is 10.4 Å². The van der Waals surface area contributed by atoms with Crippen LogP contribution in [-0.2, 0) is 9.59 Å². The Morgan fingerprint density at radius 2 is 1.87 bits per heavy atom. The van der Waals surface area contributed by atoms with Gasteiger partial charge < -0.3 is 10.6 Å². The fraction of sp³-hybridized carbons (Fsp3) is 0.176. The molecule has 1 aromatic heterocycles. The van der Waals surface area contributed by atoms with Crippen molar-refractivity contribution in [3.63, 3.8) is 0 Å². The quantitative estimate of drug-likeness (QED) is 0.621. The Morgan fingerprint density at radius 3 is 2.61 bits per heavy atom. The molecule has 0 bridgehead atoms. The van der Waals surface area contributed by atoms with Gasteiger partial charge in [0.15, 0.2) is 0 Å². The van der Waals surface area contributed by atoms with Gasteiger partial charge in [-0.25, -0.2) is 0 Å². The van der Waals surface area contributed by atoms with Gasteiger partial charge in [0.1, 0.15) is 0 Å². The first-order valence-electron chi connectivity index (χ1n) is 7.11. The van der Waals surface area contributed by atoms with Gasteiger partial charge in [0.2, 0.25) is 11.8 Å². The number of halogens is 1. The minimum Gasteiger partial charge on any atom is -0.355 e. The average molecular weight is 349 g/mol. The highest BCUT2D eigenvalue weighted by Gasteiger charge is 2.05. The Bertz CT molecular complexity index is 725. The summed E-state index contributed by atoms with van der Waals surface area (Å²) in [5.74, 6) is -0.302. The number of rotatable bonds is 6. The Labute approximate surface area is 144 Å². The van der Waals surface area contributed by atoms with Crippen LogP contribution in [0.1, 0.15) is 11.8 Å². The summed E-state index contributed by atoms with van der Waals surface area (Å²) >= 11 is 7.75. The predicted molar refractivity (Wildman–Crippen MR) is 95.5 cm³/mol. The van der Waals surface area contributed by atoms with Gasteiger partial charge in [-0.1, -0.05) is 29.8 Å². The van der Waals surface area contributed by atoms with Crippen molar-refractivity contribution in [2.45, 2.75) is 6.92 Å². The third-order valence-corrected chi connectivity index (χ3v) is 4.38. The molecule has 2 rings (SSSR count). The van der Waals surface area contributed by atoms with Gasteiger partial charge >= 0.3 is 0 Å². The number of hydrogen-bond donors (Lipinski definition) is 2. The molecule has 0 saturated carbocycles. The van der Waals surface area contributed by atoms with E-state index >= 15 is 0 Å². The van der Waals surface area contributed by atoms with Crippen LogP contribution in [0.5, 0.6) is 0 Å². The Balaban J connectivity index is 1.90. The number of hydrogen-bond acceptors (Lipinski definition) is 3. The molecule has 4 nitrogen and oxygen atoms in total. The third-order valence-electron chi connectivity index (χ3n) is 2.96. The first-order valence-corrected chi connectivity index (χ1v) is 8.31. The molecule has 0 atom stereocenters. The van der Waals surface area contributed by atoms with Crippen LogP contribution in [0, 0.1) is 0 Å². The molecule has 2 N–H and O–H groups in total. The highest BCUT2D eigenvalue weighted by atomic mass is 35.5. The number of amides is 2. The molecule has 0 unspecified atom stereocenters. The lowest BCUT2D eigenvalue weighted by atomic mass is 10.2. The van der Waals surface area contributed by atoms with Crippen molar-refractivity contribution in [2.75, 3.05) is 13.1 Å². The van der Waals surface area contributed by atoms with E-state index in [1.807, 2.05) is 36.4 Å². The summed E-state index contributed by atoms with van der Waals surface area (Å²) in [4.78, 5) is 24.4. The van der Waals surface area contributed by atoms with E-state index in [0.29, 0.717) is 18.1 Å². The van der Waals surface area contributed by atoms with Crippen molar-refractivity contribution < 1.29 is 9.59 Å². The van der Waals surface area contributed by atoms with E-state index in [0.717, 1.165) is 15.3 Å². The molecule has 0 spiro atoms. The molecule has 1 heterocycles. The average Bonchev–Trinajstić information content (AvgIpc) is 2.98. The van der Waals surface area contributed by atoms with Gasteiger partial charge in [0.25, 0.3) is 0 Å². The minimum atomic E-state index is -0.192. The molecule has 2 amide bonds. The van der Waals surface area contributed by atoms with Gasteiger partial charge in [-0.15, -0.1) is 11.3 Å². The lowest BCUT2D eigenvalue weighted by molar-refractivity contribution is -0.119. The smallest absolute Gasteiger partial charge is 0.244 e. The van der Waals surface area contributed by atoms with Crippen LogP contribution in [0.3, 0.4) is 0 Å². The normalized spacial score (nSPS) is 10.7. The third kappa shape index (κ3) is 5.54. The van der Waals surface area contributed by atoms with E-state index in [9.17, 15) is 9.59 Å². The first-order chi connectivity index (χ1) is 11.1. The van der Waals surface area contributed by atoms with Crippen LogP contribution in [-0.4, -0.2) is 24.9 Å². The van der Waals surface area contributed by atoms with Crippen LogP contribution < -0.4 is 10.6 Å². The highest BCUT2D eigenvalue weighted by Crippen LogP contribution is 2.33.